The molecule has 1 aliphatic carbocycles. The van der Waals surface area contributed by atoms with Crippen molar-refractivity contribution in [2.75, 3.05) is 45.2 Å². The molecule has 260 valence electrons. The van der Waals surface area contributed by atoms with Gasteiger partial charge in [0.2, 0.25) is 0 Å². The van der Waals surface area contributed by atoms with Gasteiger partial charge in [0.25, 0.3) is 0 Å². The Hall–Kier alpha value is -4.55. The fourth-order valence-electron chi connectivity index (χ4n) is 6.67. The van der Waals surface area contributed by atoms with Crippen molar-refractivity contribution in [1.29, 1.82) is 0 Å². The van der Waals surface area contributed by atoms with E-state index in [4.69, 9.17) is 9.47 Å². The molecule has 2 aliphatic rings. The van der Waals surface area contributed by atoms with Crippen LogP contribution in [0.4, 0.5) is 10.5 Å². The third-order valence-electron chi connectivity index (χ3n) is 9.57. The van der Waals surface area contributed by atoms with Crippen LogP contribution in [-0.2, 0) is 15.7 Å². The first-order chi connectivity index (χ1) is 23.3. The van der Waals surface area contributed by atoms with Crippen LogP contribution in [0.3, 0.4) is 0 Å². The topological polar surface area (TPSA) is 126 Å². The average Bonchev–Trinajstić information content (AvgIpc) is 3.50. The molecule has 4 heterocycles. The number of nitrogens with one attached hydrogen (secondary N) is 2. The van der Waals surface area contributed by atoms with Crippen LogP contribution in [0.2, 0.25) is 0 Å². The van der Waals surface area contributed by atoms with Crippen molar-refractivity contribution in [2.24, 2.45) is 0 Å². The van der Waals surface area contributed by atoms with Crippen molar-refractivity contribution in [1.82, 2.24) is 34.7 Å². The molecule has 1 aromatic carbocycles. The molecule has 0 spiro atoms. The Kier molecular flexibility index (Phi) is 9.63. The number of hydrogen-bond acceptors (Lipinski definition) is 9. The van der Waals surface area contributed by atoms with Crippen LogP contribution in [-0.4, -0.2) is 81.2 Å². The SMILES string of the molecule is CCOC(=O)c1cc(NC(=O)N[C@H]2CC[C@@H](Oc3ccc4nnc(C(C)(C)N5CCN(C)CC5)n4c3)c3ccccc32)cc(C(C)(C)C)n1. The highest BCUT2D eigenvalue weighted by molar-refractivity contribution is 5.93. The van der Waals surface area contributed by atoms with Crippen molar-refractivity contribution in [3.8, 4) is 5.75 Å². The second-order valence-corrected chi connectivity index (χ2v) is 14.5. The van der Waals surface area contributed by atoms with Crippen molar-refractivity contribution in [3.05, 3.63) is 83.1 Å². The molecule has 2 N–H and O–H groups in total. The molecule has 1 saturated heterocycles. The minimum Gasteiger partial charge on any atom is -0.484 e. The highest BCUT2D eigenvalue weighted by Crippen LogP contribution is 2.39. The number of rotatable bonds is 8. The molecule has 12 nitrogen and oxygen atoms in total. The molecule has 1 fully saturated rings. The third kappa shape index (κ3) is 7.40. The minimum absolute atomic E-state index is 0.159. The maximum Gasteiger partial charge on any atom is 0.356 e. The van der Waals surface area contributed by atoms with E-state index in [1.165, 1.54) is 0 Å². The molecule has 6 rings (SSSR count). The second-order valence-electron chi connectivity index (χ2n) is 14.5. The fourth-order valence-corrected chi connectivity index (χ4v) is 6.67. The Bertz CT molecular complexity index is 1820. The van der Waals surface area contributed by atoms with Gasteiger partial charge in [-0.2, -0.15) is 0 Å². The number of ether oxygens (including phenoxy) is 2. The summed E-state index contributed by atoms with van der Waals surface area (Å²) < 4.78 is 13.9. The van der Waals surface area contributed by atoms with Crippen molar-refractivity contribution in [3.63, 3.8) is 0 Å². The number of nitrogens with zero attached hydrogens (tertiary/aromatic N) is 6. The smallest absolute Gasteiger partial charge is 0.356 e. The van der Waals surface area contributed by atoms with Gasteiger partial charge in [-0.3, -0.25) is 9.30 Å². The molecule has 1 aliphatic heterocycles. The van der Waals surface area contributed by atoms with Gasteiger partial charge in [-0.25, -0.2) is 14.6 Å². The normalized spacial score (nSPS) is 18.9. The standard InChI is InChI=1S/C37H48N8O4/c1-8-48-33(46)29-21-24(22-31(39-29)36(2,3)4)38-35(47)40-28-14-15-30(27-12-10-9-11-26(27)28)49-25-13-16-32-41-42-34(45(32)23-25)37(5,6)44-19-17-43(7)18-20-44/h9-13,16,21-23,28,30H,8,14-15,17-20H2,1-7H3,(H2,38,39,40,47)/t28-,30+/m0/s1. The molecular formula is C37H48N8O4. The van der Waals surface area contributed by atoms with E-state index in [0.29, 0.717) is 24.2 Å². The van der Waals surface area contributed by atoms with Crippen LogP contribution < -0.4 is 15.4 Å². The zero-order chi connectivity index (χ0) is 34.9. The second kappa shape index (κ2) is 13.8. The van der Waals surface area contributed by atoms with Gasteiger partial charge in [-0.15, -0.1) is 10.2 Å². The number of anilines is 1. The van der Waals surface area contributed by atoms with E-state index in [1.54, 1.807) is 19.1 Å². The molecule has 49 heavy (non-hydrogen) atoms. The van der Waals surface area contributed by atoms with Crippen LogP contribution in [0.5, 0.6) is 5.75 Å². The first-order valence-corrected chi connectivity index (χ1v) is 17.1. The number of carbonyl (C=O) groups is 2. The number of piperazine rings is 1. The fraction of sp³-hybridized carbons (Fsp3) is 0.486. The maximum absolute atomic E-state index is 13.4. The number of likely N-dealkylation sites (N-methyl/N-ethyl adjacent to an activating group) is 1. The van der Waals surface area contributed by atoms with E-state index < -0.39 is 5.97 Å². The van der Waals surface area contributed by atoms with E-state index in [9.17, 15) is 9.59 Å². The lowest BCUT2D eigenvalue weighted by atomic mass is 9.85. The number of pyridine rings is 2. The summed E-state index contributed by atoms with van der Waals surface area (Å²) in [6, 6.07) is 14.7. The molecular weight excluding hydrogens is 620 g/mol. The van der Waals surface area contributed by atoms with Crippen LogP contribution in [0.15, 0.2) is 54.7 Å². The Morgan fingerprint density at radius 2 is 1.67 bits per heavy atom. The van der Waals surface area contributed by atoms with Crippen molar-refractivity contribution in [2.45, 2.75) is 77.5 Å². The summed E-state index contributed by atoms with van der Waals surface area (Å²) in [6.45, 7) is 16.4. The first-order valence-electron chi connectivity index (χ1n) is 17.1. The van der Waals surface area contributed by atoms with Gasteiger partial charge in [0, 0.05) is 43.0 Å². The summed E-state index contributed by atoms with van der Waals surface area (Å²) in [5.41, 5.74) is 3.49. The van der Waals surface area contributed by atoms with Crippen molar-refractivity contribution >= 4 is 23.3 Å². The van der Waals surface area contributed by atoms with Gasteiger partial charge < -0.3 is 25.0 Å². The lowest BCUT2D eigenvalue weighted by molar-refractivity contribution is 0.0518. The van der Waals surface area contributed by atoms with E-state index >= 15 is 0 Å². The third-order valence-corrected chi connectivity index (χ3v) is 9.57. The summed E-state index contributed by atoms with van der Waals surface area (Å²) >= 11 is 0. The molecule has 12 heteroatoms. The van der Waals surface area contributed by atoms with E-state index in [0.717, 1.165) is 54.5 Å². The average molecular weight is 669 g/mol. The first kappa shape index (κ1) is 34.3. The van der Waals surface area contributed by atoms with Gasteiger partial charge in [-0.05, 0) is 76.1 Å². The summed E-state index contributed by atoms with van der Waals surface area (Å²) in [5, 5.41) is 15.2. The predicted molar refractivity (Wildman–Crippen MR) is 188 cm³/mol. The Balaban J connectivity index is 1.18. The van der Waals surface area contributed by atoms with E-state index in [-0.39, 0.29) is 41.4 Å². The van der Waals surface area contributed by atoms with Gasteiger partial charge >= 0.3 is 12.0 Å². The number of fused-ring (bicyclic) bond motifs is 2. The van der Waals surface area contributed by atoms with Gasteiger partial charge in [0.15, 0.2) is 17.2 Å². The molecule has 3 aromatic heterocycles. The number of carbonyl (C=O) groups excluding carboxylic acids is 2. The molecule has 0 radical (unpaired) electrons. The van der Waals surface area contributed by atoms with Crippen LogP contribution in [0.1, 0.15) is 99.7 Å². The van der Waals surface area contributed by atoms with Crippen LogP contribution in [0, 0.1) is 0 Å². The summed E-state index contributed by atoms with van der Waals surface area (Å²) in [6.07, 6.45) is 3.19. The van der Waals surface area contributed by atoms with Crippen molar-refractivity contribution < 1.29 is 19.1 Å². The number of aromatic nitrogens is 4. The Morgan fingerprint density at radius 1 is 0.939 bits per heavy atom. The molecule has 2 amide bonds. The van der Waals surface area contributed by atoms with Gasteiger partial charge in [-0.1, -0.05) is 45.0 Å². The quantitative estimate of drug-likeness (QED) is 0.222. The zero-order valence-corrected chi connectivity index (χ0v) is 29.6. The zero-order valence-electron chi connectivity index (χ0n) is 29.6. The molecule has 0 saturated carbocycles. The lowest BCUT2D eigenvalue weighted by Crippen LogP contribution is -2.52. The number of esters is 1. The number of benzene rings is 1. The number of hydrogen-bond donors (Lipinski definition) is 2. The van der Waals surface area contributed by atoms with E-state index in [2.05, 4.69) is 67.0 Å². The van der Waals surface area contributed by atoms with E-state index in [1.807, 2.05) is 57.3 Å². The van der Waals surface area contributed by atoms with Crippen LogP contribution >= 0.6 is 0 Å². The highest BCUT2D eigenvalue weighted by Gasteiger charge is 2.35. The molecule has 0 bridgehead atoms. The highest BCUT2D eigenvalue weighted by atomic mass is 16.5. The number of amides is 2. The molecule has 2 atom stereocenters. The molecule has 4 aromatic rings. The largest absolute Gasteiger partial charge is 0.484 e. The number of urea groups is 1. The Labute approximate surface area is 288 Å². The maximum atomic E-state index is 13.4. The minimum atomic E-state index is -0.525. The van der Waals surface area contributed by atoms with Gasteiger partial charge in [0.1, 0.15) is 11.9 Å². The summed E-state index contributed by atoms with van der Waals surface area (Å²) in [4.78, 5) is 35.2. The predicted octanol–water partition coefficient (Wildman–Crippen LogP) is 5.86. The van der Waals surface area contributed by atoms with Crippen LogP contribution in [0.25, 0.3) is 5.65 Å². The summed E-state index contributed by atoms with van der Waals surface area (Å²) in [5.74, 6) is 1.09. The monoisotopic (exact) mass is 668 g/mol. The summed E-state index contributed by atoms with van der Waals surface area (Å²) in [7, 11) is 2.16. The van der Waals surface area contributed by atoms with Gasteiger partial charge in [0.05, 0.1) is 24.4 Å². The molecule has 0 unspecified atom stereocenters. The lowest BCUT2D eigenvalue weighted by Gasteiger charge is -2.42. The Morgan fingerprint density at radius 3 is 2.39 bits per heavy atom.